The summed E-state index contributed by atoms with van der Waals surface area (Å²) < 4.78 is 0. The highest BCUT2D eigenvalue weighted by Gasteiger charge is 2.19. The maximum Gasteiger partial charge on any atom is 0.201 e. The molecule has 0 bridgehead atoms. The van der Waals surface area contributed by atoms with Crippen LogP contribution in [0.2, 0.25) is 0 Å². The van der Waals surface area contributed by atoms with E-state index < -0.39 is 28.8 Å². The lowest BCUT2D eigenvalue weighted by Gasteiger charge is -2.06. The molecule has 0 saturated carbocycles. The van der Waals surface area contributed by atoms with Gasteiger partial charge in [0.15, 0.2) is 23.1 Å². The number of carbonyl (C=O) groups is 2. The van der Waals surface area contributed by atoms with Crippen molar-refractivity contribution >= 4 is 11.6 Å². The first-order valence-electron chi connectivity index (χ1n) is 10.2. The van der Waals surface area contributed by atoms with Crippen LogP contribution in [0.3, 0.4) is 0 Å². The third-order valence-electron chi connectivity index (χ3n) is 4.96. The van der Waals surface area contributed by atoms with Crippen molar-refractivity contribution < 1.29 is 50.4 Å². The summed E-state index contributed by atoms with van der Waals surface area (Å²) in [6.07, 6.45) is 0. The molecule has 184 valence electrons. The van der Waals surface area contributed by atoms with Crippen LogP contribution in [-0.2, 0) is 0 Å². The lowest BCUT2D eigenvalue weighted by Crippen LogP contribution is -2.01. The van der Waals surface area contributed by atoms with E-state index in [1.165, 1.54) is 54.6 Å². The second kappa shape index (κ2) is 10.3. The Labute approximate surface area is 203 Å². The van der Waals surface area contributed by atoms with Crippen LogP contribution < -0.4 is 0 Å². The Balaban J connectivity index is 0.000000201. The fourth-order valence-corrected chi connectivity index (χ4v) is 3.09. The second-order valence-electron chi connectivity index (χ2n) is 7.44. The molecule has 0 heterocycles. The van der Waals surface area contributed by atoms with Crippen molar-refractivity contribution in [1.29, 1.82) is 0 Å². The van der Waals surface area contributed by atoms with Gasteiger partial charge in [-0.25, -0.2) is 0 Å². The number of carbonyl (C=O) groups excluding carboxylic acids is 2. The maximum absolute atomic E-state index is 12.0. The molecular formula is C26H20O10. The summed E-state index contributed by atoms with van der Waals surface area (Å²) in [4.78, 5) is 24.0. The minimum Gasteiger partial charge on any atom is -0.508 e. The van der Waals surface area contributed by atoms with Crippen LogP contribution in [0.5, 0.6) is 46.0 Å². The van der Waals surface area contributed by atoms with Gasteiger partial charge in [-0.1, -0.05) is 0 Å². The number of hydrogen-bond donors (Lipinski definition) is 8. The maximum atomic E-state index is 12.0. The largest absolute Gasteiger partial charge is 0.508 e. The van der Waals surface area contributed by atoms with Gasteiger partial charge in [0.2, 0.25) is 5.75 Å². The summed E-state index contributed by atoms with van der Waals surface area (Å²) in [6, 6.07) is 14.8. The molecule has 0 saturated heterocycles. The van der Waals surface area contributed by atoms with Crippen molar-refractivity contribution in [3.05, 3.63) is 95.1 Å². The number of rotatable bonds is 4. The molecule has 8 N–H and O–H groups in total. The molecule has 10 nitrogen and oxygen atoms in total. The quantitative estimate of drug-likeness (QED) is 0.154. The predicted octanol–water partition coefficient (Wildman–Crippen LogP) is 3.48. The van der Waals surface area contributed by atoms with E-state index in [0.29, 0.717) is 0 Å². The Morgan fingerprint density at radius 3 is 1.33 bits per heavy atom. The minimum atomic E-state index is -0.736. The number of hydrogen-bond acceptors (Lipinski definition) is 10. The average Bonchev–Trinajstić information content (AvgIpc) is 2.83. The molecule has 4 aromatic rings. The highest BCUT2D eigenvalue weighted by atomic mass is 16.3. The molecule has 36 heavy (non-hydrogen) atoms. The van der Waals surface area contributed by atoms with E-state index >= 15 is 0 Å². The molecule has 0 aliphatic rings. The minimum absolute atomic E-state index is 0.0179. The number of aromatic hydroxyl groups is 8. The first kappa shape index (κ1) is 25.2. The molecule has 0 aromatic heterocycles. The van der Waals surface area contributed by atoms with Crippen LogP contribution in [-0.4, -0.2) is 52.4 Å². The monoisotopic (exact) mass is 492 g/mol. The smallest absolute Gasteiger partial charge is 0.201 e. The third kappa shape index (κ3) is 5.39. The van der Waals surface area contributed by atoms with Crippen LogP contribution in [0.25, 0.3) is 0 Å². The van der Waals surface area contributed by atoms with E-state index in [2.05, 4.69) is 0 Å². The van der Waals surface area contributed by atoms with Gasteiger partial charge in [-0.15, -0.1) is 0 Å². The van der Waals surface area contributed by atoms with E-state index in [1.807, 2.05) is 0 Å². The molecule has 10 heteroatoms. The number of phenolic OH excluding ortho intramolecular Hbond substituents is 8. The molecule has 0 unspecified atom stereocenters. The molecule has 0 radical (unpaired) electrons. The van der Waals surface area contributed by atoms with Gasteiger partial charge in [0.1, 0.15) is 28.7 Å². The average molecular weight is 492 g/mol. The Hall–Kier alpha value is -5.38. The number of ketones is 2. The van der Waals surface area contributed by atoms with Crippen LogP contribution in [0.4, 0.5) is 0 Å². The van der Waals surface area contributed by atoms with Gasteiger partial charge < -0.3 is 40.9 Å². The molecular weight excluding hydrogens is 472 g/mol. The molecule has 0 aliphatic heterocycles. The van der Waals surface area contributed by atoms with E-state index in [1.54, 1.807) is 0 Å². The van der Waals surface area contributed by atoms with Gasteiger partial charge >= 0.3 is 0 Å². The van der Waals surface area contributed by atoms with E-state index in [-0.39, 0.29) is 51.0 Å². The Morgan fingerprint density at radius 2 is 0.861 bits per heavy atom. The van der Waals surface area contributed by atoms with Crippen molar-refractivity contribution in [2.75, 3.05) is 0 Å². The lowest BCUT2D eigenvalue weighted by molar-refractivity contribution is 0.102. The highest BCUT2D eigenvalue weighted by molar-refractivity contribution is 6.12. The SMILES string of the molecule is O=C(c1ccc(O)cc1)c1ccc(O)c(O)c1O.O=C(c1ccc(O)cc1O)c1ccc(O)cc1O. The summed E-state index contributed by atoms with van der Waals surface area (Å²) in [7, 11) is 0. The fraction of sp³-hybridized carbons (Fsp3) is 0. The summed E-state index contributed by atoms with van der Waals surface area (Å²) in [5, 5.41) is 74.6. The van der Waals surface area contributed by atoms with Gasteiger partial charge in [0.25, 0.3) is 0 Å². The van der Waals surface area contributed by atoms with Gasteiger partial charge in [-0.2, -0.15) is 0 Å². The van der Waals surface area contributed by atoms with Gasteiger partial charge in [0, 0.05) is 17.7 Å². The van der Waals surface area contributed by atoms with Crippen LogP contribution in [0, 0.1) is 0 Å². The summed E-state index contributed by atoms with van der Waals surface area (Å²) in [5.74, 6) is -4.13. The first-order valence-corrected chi connectivity index (χ1v) is 10.2. The van der Waals surface area contributed by atoms with Gasteiger partial charge in [-0.3, -0.25) is 9.59 Å². The van der Waals surface area contributed by atoms with E-state index in [4.69, 9.17) is 20.4 Å². The van der Waals surface area contributed by atoms with Crippen molar-refractivity contribution in [3.8, 4) is 46.0 Å². The molecule has 4 rings (SSSR count). The zero-order valence-electron chi connectivity index (χ0n) is 18.3. The van der Waals surface area contributed by atoms with Gasteiger partial charge in [-0.05, 0) is 60.7 Å². The zero-order valence-corrected chi connectivity index (χ0v) is 18.3. The second-order valence-corrected chi connectivity index (χ2v) is 7.44. The summed E-state index contributed by atoms with van der Waals surface area (Å²) >= 11 is 0. The zero-order chi connectivity index (χ0) is 26.6. The van der Waals surface area contributed by atoms with Crippen molar-refractivity contribution in [2.24, 2.45) is 0 Å². The highest BCUT2D eigenvalue weighted by Crippen LogP contribution is 2.38. The molecule has 4 aromatic carbocycles. The first-order chi connectivity index (χ1) is 17.0. The number of phenols is 8. The predicted molar refractivity (Wildman–Crippen MR) is 126 cm³/mol. The topological polar surface area (TPSA) is 196 Å². The fourth-order valence-electron chi connectivity index (χ4n) is 3.09. The molecule has 0 fully saturated rings. The van der Waals surface area contributed by atoms with E-state index in [9.17, 15) is 30.0 Å². The van der Waals surface area contributed by atoms with E-state index in [0.717, 1.165) is 18.2 Å². The molecule has 0 amide bonds. The summed E-state index contributed by atoms with van der Waals surface area (Å²) in [5.41, 5.74) is 0.0201. The summed E-state index contributed by atoms with van der Waals surface area (Å²) in [6.45, 7) is 0. The molecule has 0 aliphatic carbocycles. The van der Waals surface area contributed by atoms with Crippen molar-refractivity contribution in [3.63, 3.8) is 0 Å². The number of benzene rings is 4. The standard InChI is InChI=1S/2C13H10O5/c14-7-1-3-9(11(16)5-7)13(18)10-4-2-8(15)6-12(10)17;14-8-3-1-7(2-4-8)11(16)9-5-6-10(15)13(18)12(9)17/h1-6,14-17H;1-6,14-15,17-18H. The molecule has 0 spiro atoms. The van der Waals surface area contributed by atoms with Crippen LogP contribution in [0.1, 0.15) is 31.8 Å². The Kier molecular flexibility index (Phi) is 7.20. The Morgan fingerprint density at radius 1 is 0.417 bits per heavy atom. The lowest BCUT2D eigenvalue weighted by atomic mass is 10.0. The van der Waals surface area contributed by atoms with Crippen LogP contribution in [0.15, 0.2) is 72.8 Å². The van der Waals surface area contributed by atoms with Crippen LogP contribution >= 0.6 is 0 Å². The van der Waals surface area contributed by atoms with Gasteiger partial charge in [0.05, 0.1) is 16.7 Å². The Bertz CT molecular complexity index is 1390. The third-order valence-corrected chi connectivity index (χ3v) is 4.96. The molecule has 0 atom stereocenters. The normalized spacial score (nSPS) is 10.2. The van der Waals surface area contributed by atoms with Crippen molar-refractivity contribution in [2.45, 2.75) is 0 Å². The van der Waals surface area contributed by atoms with Crippen molar-refractivity contribution in [1.82, 2.24) is 0 Å².